The molecule has 0 aliphatic carbocycles. The lowest BCUT2D eigenvalue weighted by Crippen LogP contribution is -1.96. The van der Waals surface area contributed by atoms with Crippen LogP contribution in [0.15, 0.2) is 16.8 Å². The third-order valence-electron chi connectivity index (χ3n) is 1.03. The number of methoxy groups -OCH3 is 1. The molecule has 4 nitrogen and oxygen atoms in total. The molecule has 0 fully saturated rings. The highest BCUT2D eigenvalue weighted by Crippen LogP contribution is 1.95. The predicted octanol–water partition coefficient (Wildman–Crippen LogP) is 1.05. The van der Waals surface area contributed by atoms with Crippen molar-refractivity contribution in [2.75, 3.05) is 7.11 Å². The van der Waals surface area contributed by atoms with Gasteiger partial charge in [-0.3, -0.25) is 0 Å². The van der Waals surface area contributed by atoms with Crippen molar-refractivity contribution in [3.8, 4) is 6.07 Å². The average Bonchev–Trinajstić information content (AvgIpc) is 2.03. The summed E-state index contributed by atoms with van der Waals surface area (Å²) >= 11 is 0. The van der Waals surface area contributed by atoms with Gasteiger partial charge in [0.15, 0.2) is 0 Å². The molecule has 64 valence electrons. The Bertz CT molecular complexity index is 271. The molecule has 12 heavy (non-hydrogen) atoms. The van der Waals surface area contributed by atoms with Crippen molar-refractivity contribution in [2.45, 2.75) is 13.8 Å². The molecule has 0 aliphatic heterocycles. The molecule has 0 aromatic carbocycles. The van der Waals surface area contributed by atoms with Crippen LogP contribution in [-0.4, -0.2) is 18.8 Å². The molecule has 0 bridgehead atoms. The van der Waals surface area contributed by atoms with Crippen LogP contribution >= 0.6 is 0 Å². The van der Waals surface area contributed by atoms with Crippen LogP contribution in [0.4, 0.5) is 0 Å². The Morgan fingerprint density at radius 2 is 2.17 bits per heavy atom. The summed E-state index contributed by atoms with van der Waals surface area (Å²) < 4.78 is 4.37. The number of aliphatic imine (C=N–C) groups is 1. The van der Waals surface area contributed by atoms with Crippen molar-refractivity contribution in [1.82, 2.24) is 0 Å². The Morgan fingerprint density at radius 1 is 1.58 bits per heavy atom. The lowest BCUT2D eigenvalue weighted by Gasteiger charge is -1.92. The highest BCUT2D eigenvalue weighted by atomic mass is 16.5. The number of hydrogen-bond acceptors (Lipinski definition) is 4. The minimum atomic E-state index is -0.470. The van der Waals surface area contributed by atoms with Gasteiger partial charge in [0.25, 0.3) is 0 Å². The van der Waals surface area contributed by atoms with Crippen LogP contribution in [0.25, 0.3) is 0 Å². The third kappa shape index (κ3) is 4.23. The van der Waals surface area contributed by atoms with Gasteiger partial charge in [-0.1, -0.05) is 0 Å². The quantitative estimate of drug-likeness (QED) is 0.350. The maximum atomic E-state index is 10.6. The molecule has 0 radical (unpaired) electrons. The van der Waals surface area contributed by atoms with Gasteiger partial charge >= 0.3 is 5.97 Å². The van der Waals surface area contributed by atoms with Crippen molar-refractivity contribution in [3.05, 3.63) is 11.8 Å². The molecule has 0 atom stereocenters. The second-order valence-electron chi connectivity index (χ2n) is 2.12. The second-order valence-corrected chi connectivity index (χ2v) is 2.12. The van der Waals surface area contributed by atoms with E-state index in [4.69, 9.17) is 5.26 Å². The number of ether oxygens (including phenoxy) is 1. The number of allylic oxidation sites excluding steroid dienone is 1. The molecule has 0 saturated heterocycles. The first-order valence-electron chi connectivity index (χ1n) is 3.31. The van der Waals surface area contributed by atoms with Gasteiger partial charge in [0.1, 0.15) is 11.8 Å². The van der Waals surface area contributed by atoms with Crippen LogP contribution in [0.3, 0.4) is 0 Å². The SMILES string of the molecule is COC(=O)/C=C(\C)N=C(C)C#N. The Balaban J connectivity index is 4.42. The summed E-state index contributed by atoms with van der Waals surface area (Å²) in [6, 6.07) is 1.84. The summed E-state index contributed by atoms with van der Waals surface area (Å²) in [5.41, 5.74) is 0.772. The molecular formula is C8H10N2O2. The van der Waals surface area contributed by atoms with Crippen LogP contribution in [0.5, 0.6) is 0 Å². The van der Waals surface area contributed by atoms with E-state index in [0.29, 0.717) is 11.4 Å². The van der Waals surface area contributed by atoms with E-state index < -0.39 is 5.97 Å². The van der Waals surface area contributed by atoms with Gasteiger partial charge in [0, 0.05) is 11.8 Å². The van der Waals surface area contributed by atoms with E-state index >= 15 is 0 Å². The fraction of sp³-hybridized carbons (Fsp3) is 0.375. The number of rotatable bonds is 2. The minimum Gasteiger partial charge on any atom is -0.466 e. The number of nitriles is 1. The molecule has 0 N–H and O–H groups in total. The zero-order valence-electron chi connectivity index (χ0n) is 7.29. The normalized spacial score (nSPS) is 12.2. The standard InChI is InChI=1S/C8H10N2O2/c1-6(4-8(11)12-3)10-7(2)5-9/h4H,1-3H3/b6-4+,10-7?. The van der Waals surface area contributed by atoms with Gasteiger partial charge in [-0.15, -0.1) is 0 Å². The molecule has 0 unspecified atom stereocenters. The molecule has 4 heteroatoms. The predicted molar refractivity (Wildman–Crippen MR) is 44.5 cm³/mol. The Morgan fingerprint density at radius 3 is 2.58 bits per heavy atom. The largest absolute Gasteiger partial charge is 0.466 e. The van der Waals surface area contributed by atoms with Gasteiger partial charge in [-0.25, -0.2) is 9.79 Å². The summed E-state index contributed by atoms with van der Waals surface area (Å²) in [4.78, 5) is 14.4. The third-order valence-corrected chi connectivity index (χ3v) is 1.03. The molecule has 0 spiro atoms. The fourth-order valence-corrected chi connectivity index (χ4v) is 0.551. The van der Waals surface area contributed by atoms with Crippen LogP contribution in [0.1, 0.15) is 13.8 Å². The molecule has 0 heterocycles. The fourth-order valence-electron chi connectivity index (χ4n) is 0.551. The summed E-state index contributed by atoms with van der Waals surface area (Å²) in [5, 5.41) is 8.35. The monoisotopic (exact) mass is 166 g/mol. The molecule has 0 aromatic rings. The Labute approximate surface area is 71.2 Å². The molecule has 0 aromatic heterocycles. The van der Waals surface area contributed by atoms with E-state index in [2.05, 4.69) is 9.73 Å². The number of carbonyl (C=O) groups is 1. The number of nitrogens with zero attached hydrogens (tertiary/aromatic N) is 2. The zero-order valence-corrected chi connectivity index (χ0v) is 7.29. The van der Waals surface area contributed by atoms with E-state index in [1.807, 2.05) is 6.07 Å². The Hall–Kier alpha value is -1.63. The van der Waals surface area contributed by atoms with Crippen molar-refractivity contribution in [3.63, 3.8) is 0 Å². The van der Waals surface area contributed by atoms with Crippen molar-refractivity contribution < 1.29 is 9.53 Å². The molecule has 0 amide bonds. The first kappa shape index (κ1) is 10.4. The van der Waals surface area contributed by atoms with Crippen molar-refractivity contribution in [1.29, 1.82) is 5.26 Å². The molecule has 0 rings (SSSR count). The van der Waals surface area contributed by atoms with E-state index in [1.54, 1.807) is 13.8 Å². The number of esters is 1. The first-order chi connectivity index (χ1) is 5.60. The van der Waals surface area contributed by atoms with E-state index in [-0.39, 0.29) is 0 Å². The molecule has 0 aliphatic rings. The first-order valence-corrected chi connectivity index (χ1v) is 3.31. The lowest BCUT2D eigenvalue weighted by atomic mass is 10.4. The summed E-state index contributed by atoms with van der Waals surface area (Å²) in [6.07, 6.45) is 1.22. The lowest BCUT2D eigenvalue weighted by molar-refractivity contribution is -0.134. The maximum Gasteiger partial charge on any atom is 0.332 e. The van der Waals surface area contributed by atoms with Crippen LogP contribution in [0.2, 0.25) is 0 Å². The number of carbonyl (C=O) groups excluding carboxylic acids is 1. The van der Waals surface area contributed by atoms with Gasteiger partial charge in [0.05, 0.1) is 7.11 Å². The average molecular weight is 166 g/mol. The summed E-state index contributed by atoms with van der Waals surface area (Å²) in [5.74, 6) is -0.470. The van der Waals surface area contributed by atoms with E-state index in [9.17, 15) is 4.79 Å². The van der Waals surface area contributed by atoms with Crippen LogP contribution in [0, 0.1) is 11.3 Å². The molecule has 0 saturated carbocycles. The maximum absolute atomic E-state index is 10.6. The molecular weight excluding hydrogens is 156 g/mol. The topological polar surface area (TPSA) is 62.4 Å². The summed E-state index contributed by atoms with van der Waals surface area (Å²) in [6.45, 7) is 3.19. The Kier molecular flexibility index (Phi) is 4.39. The highest BCUT2D eigenvalue weighted by molar-refractivity contribution is 5.97. The van der Waals surface area contributed by atoms with Gasteiger partial charge in [0.2, 0.25) is 0 Å². The van der Waals surface area contributed by atoms with Gasteiger partial charge in [-0.2, -0.15) is 5.26 Å². The van der Waals surface area contributed by atoms with Crippen molar-refractivity contribution >= 4 is 11.7 Å². The number of hydrogen-bond donors (Lipinski definition) is 0. The van der Waals surface area contributed by atoms with Gasteiger partial charge in [-0.05, 0) is 13.8 Å². The smallest absolute Gasteiger partial charge is 0.332 e. The van der Waals surface area contributed by atoms with Crippen LogP contribution in [-0.2, 0) is 9.53 Å². The zero-order chi connectivity index (χ0) is 9.56. The van der Waals surface area contributed by atoms with E-state index in [0.717, 1.165) is 0 Å². The van der Waals surface area contributed by atoms with Gasteiger partial charge < -0.3 is 4.74 Å². The van der Waals surface area contributed by atoms with Crippen molar-refractivity contribution in [2.24, 2.45) is 4.99 Å². The highest BCUT2D eigenvalue weighted by Gasteiger charge is 1.94. The second kappa shape index (κ2) is 5.08. The van der Waals surface area contributed by atoms with Crippen LogP contribution < -0.4 is 0 Å². The van der Waals surface area contributed by atoms with E-state index in [1.165, 1.54) is 13.2 Å². The summed E-state index contributed by atoms with van der Waals surface area (Å²) in [7, 11) is 1.28. The minimum absolute atomic E-state index is 0.313.